The lowest BCUT2D eigenvalue weighted by atomic mass is 10.1. The molecule has 3 nitrogen and oxygen atoms in total. The van der Waals surface area contributed by atoms with Crippen LogP contribution < -0.4 is 10.1 Å². The average molecular weight is 234 g/mol. The summed E-state index contributed by atoms with van der Waals surface area (Å²) in [5, 5.41) is 3.30. The van der Waals surface area contributed by atoms with E-state index in [2.05, 4.69) is 28.4 Å². The normalized spacial score (nSPS) is 18.2. The van der Waals surface area contributed by atoms with Crippen LogP contribution in [0, 0.1) is 0 Å². The summed E-state index contributed by atoms with van der Waals surface area (Å²) in [5.74, 6) is 0.947. The van der Waals surface area contributed by atoms with Gasteiger partial charge in [-0.15, -0.1) is 0 Å². The molecule has 3 heteroatoms. The zero-order valence-corrected chi connectivity index (χ0v) is 10.8. The number of benzene rings is 1. The fourth-order valence-corrected chi connectivity index (χ4v) is 2.55. The highest BCUT2D eigenvalue weighted by molar-refractivity contribution is 5.31. The molecular weight excluding hydrogens is 212 g/mol. The molecule has 0 amide bonds. The zero-order chi connectivity index (χ0) is 12.1. The summed E-state index contributed by atoms with van der Waals surface area (Å²) >= 11 is 0. The van der Waals surface area contributed by atoms with E-state index >= 15 is 0 Å². The van der Waals surface area contributed by atoms with Crippen LogP contribution in [-0.2, 0) is 0 Å². The lowest BCUT2D eigenvalue weighted by Crippen LogP contribution is -2.32. The SMILES string of the molecule is CNC[C@H](c1cccc(OC)c1)N1CCCC1. The predicted octanol–water partition coefficient (Wildman–Crippen LogP) is 2.05. The maximum absolute atomic E-state index is 5.31. The van der Waals surface area contributed by atoms with Gasteiger partial charge in [0.1, 0.15) is 5.75 Å². The van der Waals surface area contributed by atoms with Gasteiger partial charge < -0.3 is 10.1 Å². The third-order valence-electron chi connectivity index (χ3n) is 3.46. The Morgan fingerprint density at radius 1 is 1.35 bits per heavy atom. The fraction of sp³-hybridized carbons (Fsp3) is 0.571. The van der Waals surface area contributed by atoms with Gasteiger partial charge in [-0.05, 0) is 50.7 Å². The smallest absolute Gasteiger partial charge is 0.119 e. The molecule has 1 heterocycles. The first-order chi connectivity index (χ1) is 8.35. The van der Waals surface area contributed by atoms with E-state index in [0.717, 1.165) is 12.3 Å². The first-order valence-electron chi connectivity index (χ1n) is 6.37. The standard InChI is InChI=1S/C14H22N2O/c1-15-11-14(16-8-3-4-9-16)12-6-5-7-13(10-12)17-2/h5-7,10,14-15H,3-4,8-9,11H2,1-2H3/t14-/m1/s1. The molecule has 1 aliphatic rings. The molecule has 0 radical (unpaired) electrons. The van der Waals surface area contributed by atoms with Crippen LogP contribution in [0.2, 0.25) is 0 Å². The lowest BCUT2D eigenvalue weighted by Gasteiger charge is -2.28. The summed E-state index contributed by atoms with van der Waals surface area (Å²) < 4.78 is 5.31. The van der Waals surface area contributed by atoms with Crippen molar-refractivity contribution in [1.82, 2.24) is 10.2 Å². The third-order valence-corrected chi connectivity index (χ3v) is 3.46. The number of methoxy groups -OCH3 is 1. The molecule has 0 aliphatic carbocycles. The molecule has 94 valence electrons. The Bertz CT molecular complexity index is 348. The van der Waals surface area contributed by atoms with Crippen molar-refractivity contribution >= 4 is 0 Å². The Hall–Kier alpha value is -1.06. The first-order valence-corrected chi connectivity index (χ1v) is 6.37. The summed E-state index contributed by atoms with van der Waals surface area (Å²) in [5.41, 5.74) is 1.35. The van der Waals surface area contributed by atoms with E-state index in [0.29, 0.717) is 6.04 Å². The number of likely N-dealkylation sites (tertiary alicyclic amines) is 1. The maximum Gasteiger partial charge on any atom is 0.119 e. The van der Waals surface area contributed by atoms with E-state index in [4.69, 9.17) is 4.74 Å². The molecule has 1 atom stereocenters. The van der Waals surface area contributed by atoms with Crippen molar-refractivity contribution in [2.24, 2.45) is 0 Å². The summed E-state index contributed by atoms with van der Waals surface area (Å²) in [6, 6.07) is 8.90. The first kappa shape index (κ1) is 12.4. The molecule has 1 saturated heterocycles. The molecule has 1 N–H and O–H groups in total. The molecule has 1 aromatic rings. The van der Waals surface area contributed by atoms with Gasteiger partial charge >= 0.3 is 0 Å². The molecule has 1 aromatic carbocycles. The van der Waals surface area contributed by atoms with Gasteiger partial charge in [-0.2, -0.15) is 0 Å². The molecule has 2 rings (SSSR count). The lowest BCUT2D eigenvalue weighted by molar-refractivity contribution is 0.241. The monoisotopic (exact) mass is 234 g/mol. The van der Waals surface area contributed by atoms with Crippen molar-refractivity contribution in [3.8, 4) is 5.75 Å². The number of hydrogen-bond acceptors (Lipinski definition) is 3. The molecule has 1 aliphatic heterocycles. The predicted molar refractivity (Wildman–Crippen MR) is 70.5 cm³/mol. The quantitative estimate of drug-likeness (QED) is 0.844. The number of nitrogens with one attached hydrogen (secondary N) is 1. The van der Waals surface area contributed by atoms with E-state index < -0.39 is 0 Å². The minimum Gasteiger partial charge on any atom is -0.497 e. The molecule has 0 spiro atoms. The second-order valence-electron chi connectivity index (χ2n) is 4.59. The van der Waals surface area contributed by atoms with E-state index in [-0.39, 0.29) is 0 Å². The summed E-state index contributed by atoms with van der Waals surface area (Å²) in [6.45, 7) is 3.42. The van der Waals surface area contributed by atoms with Gasteiger partial charge in [0.25, 0.3) is 0 Å². The van der Waals surface area contributed by atoms with Gasteiger partial charge in [-0.25, -0.2) is 0 Å². The molecule has 0 aromatic heterocycles. The Kier molecular flexibility index (Phi) is 4.40. The molecule has 0 unspecified atom stereocenters. The van der Waals surface area contributed by atoms with Gasteiger partial charge in [0.2, 0.25) is 0 Å². The van der Waals surface area contributed by atoms with Crippen molar-refractivity contribution in [1.29, 1.82) is 0 Å². The van der Waals surface area contributed by atoms with E-state index in [1.165, 1.54) is 31.5 Å². The highest BCUT2D eigenvalue weighted by atomic mass is 16.5. The van der Waals surface area contributed by atoms with Gasteiger partial charge in [-0.3, -0.25) is 4.90 Å². The van der Waals surface area contributed by atoms with Crippen molar-refractivity contribution < 1.29 is 4.74 Å². The Balaban J connectivity index is 2.18. The minimum atomic E-state index is 0.470. The Labute approximate surface area is 104 Å². The highest BCUT2D eigenvalue weighted by Gasteiger charge is 2.22. The minimum absolute atomic E-state index is 0.470. The summed E-state index contributed by atoms with van der Waals surface area (Å²) in [7, 11) is 3.74. The zero-order valence-electron chi connectivity index (χ0n) is 10.8. The van der Waals surface area contributed by atoms with Crippen LogP contribution in [0.15, 0.2) is 24.3 Å². The highest BCUT2D eigenvalue weighted by Crippen LogP contribution is 2.26. The van der Waals surface area contributed by atoms with Crippen molar-refractivity contribution in [3.63, 3.8) is 0 Å². The summed E-state index contributed by atoms with van der Waals surface area (Å²) in [6.07, 6.45) is 2.65. The third kappa shape index (κ3) is 2.99. The van der Waals surface area contributed by atoms with Crippen LogP contribution in [0.3, 0.4) is 0 Å². The van der Waals surface area contributed by atoms with Gasteiger partial charge in [0.15, 0.2) is 0 Å². The van der Waals surface area contributed by atoms with Crippen molar-refractivity contribution in [3.05, 3.63) is 29.8 Å². The van der Waals surface area contributed by atoms with Crippen LogP contribution in [0.25, 0.3) is 0 Å². The fourth-order valence-electron chi connectivity index (χ4n) is 2.55. The molecular formula is C14H22N2O. The van der Waals surface area contributed by atoms with Crippen LogP contribution in [0.5, 0.6) is 5.75 Å². The molecule has 17 heavy (non-hydrogen) atoms. The van der Waals surface area contributed by atoms with E-state index in [9.17, 15) is 0 Å². The van der Waals surface area contributed by atoms with Crippen LogP contribution in [0.4, 0.5) is 0 Å². The van der Waals surface area contributed by atoms with Crippen LogP contribution in [0.1, 0.15) is 24.4 Å². The Morgan fingerprint density at radius 2 is 2.12 bits per heavy atom. The van der Waals surface area contributed by atoms with Crippen molar-refractivity contribution in [2.75, 3.05) is 33.8 Å². The van der Waals surface area contributed by atoms with Gasteiger partial charge in [0.05, 0.1) is 7.11 Å². The van der Waals surface area contributed by atoms with Crippen LogP contribution >= 0.6 is 0 Å². The second-order valence-corrected chi connectivity index (χ2v) is 4.59. The van der Waals surface area contributed by atoms with Crippen molar-refractivity contribution in [2.45, 2.75) is 18.9 Å². The van der Waals surface area contributed by atoms with Gasteiger partial charge in [0, 0.05) is 12.6 Å². The molecule has 1 fully saturated rings. The summed E-state index contributed by atoms with van der Waals surface area (Å²) in [4.78, 5) is 2.56. The maximum atomic E-state index is 5.31. The number of likely N-dealkylation sites (N-methyl/N-ethyl adjacent to an activating group) is 1. The molecule has 0 bridgehead atoms. The van der Waals surface area contributed by atoms with E-state index in [1.807, 2.05) is 13.1 Å². The number of nitrogens with zero attached hydrogens (tertiary/aromatic N) is 1. The number of hydrogen-bond donors (Lipinski definition) is 1. The Morgan fingerprint density at radius 3 is 2.76 bits per heavy atom. The van der Waals surface area contributed by atoms with Gasteiger partial charge in [-0.1, -0.05) is 12.1 Å². The molecule has 0 saturated carbocycles. The largest absolute Gasteiger partial charge is 0.497 e. The average Bonchev–Trinajstić information content (AvgIpc) is 2.89. The number of rotatable bonds is 5. The number of ether oxygens (including phenoxy) is 1. The van der Waals surface area contributed by atoms with E-state index in [1.54, 1.807) is 7.11 Å². The second kappa shape index (κ2) is 6.03. The van der Waals surface area contributed by atoms with Crippen LogP contribution in [-0.4, -0.2) is 38.7 Å². The topological polar surface area (TPSA) is 24.5 Å².